The molecule has 0 spiro atoms. The van der Waals surface area contributed by atoms with Crippen molar-refractivity contribution in [1.29, 1.82) is 0 Å². The Balaban J connectivity index is 1.24. The number of nitrogens with one attached hydrogen (secondary N) is 1. The zero-order valence-corrected chi connectivity index (χ0v) is 17.4. The van der Waals surface area contributed by atoms with Crippen molar-refractivity contribution in [3.05, 3.63) is 95.6 Å². The fourth-order valence-electron chi connectivity index (χ4n) is 4.07. The van der Waals surface area contributed by atoms with Crippen LogP contribution in [-0.4, -0.2) is 24.0 Å². The van der Waals surface area contributed by atoms with Crippen LogP contribution >= 0.6 is 0 Å². The van der Waals surface area contributed by atoms with Crippen LogP contribution in [0, 0.1) is 0 Å². The summed E-state index contributed by atoms with van der Waals surface area (Å²) in [6.45, 7) is 4.01. The fraction of sp³-hybridized carbons (Fsp3) is 0.308. The number of hydrogen-bond donors (Lipinski definition) is 1. The van der Waals surface area contributed by atoms with Crippen LogP contribution in [0.25, 0.3) is 11.1 Å². The van der Waals surface area contributed by atoms with Gasteiger partial charge in [-0.2, -0.15) is 13.2 Å². The van der Waals surface area contributed by atoms with E-state index >= 15 is 0 Å². The molecule has 0 radical (unpaired) electrons. The molecule has 3 aromatic carbocycles. The van der Waals surface area contributed by atoms with Crippen molar-refractivity contribution in [2.75, 3.05) is 13.1 Å². The molecule has 1 aliphatic rings. The van der Waals surface area contributed by atoms with Gasteiger partial charge in [-0.1, -0.05) is 66.7 Å². The summed E-state index contributed by atoms with van der Waals surface area (Å²) in [4.78, 5) is 2.51. The van der Waals surface area contributed by atoms with E-state index in [2.05, 4.69) is 40.5 Å². The summed E-state index contributed by atoms with van der Waals surface area (Å²) in [6.07, 6.45) is -2.03. The molecule has 5 heteroatoms. The lowest BCUT2D eigenvalue weighted by Crippen LogP contribution is -2.41. The molecule has 0 unspecified atom stereocenters. The predicted molar refractivity (Wildman–Crippen MR) is 118 cm³/mol. The van der Waals surface area contributed by atoms with Gasteiger partial charge in [-0.3, -0.25) is 4.90 Å². The Morgan fingerprint density at radius 3 is 1.90 bits per heavy atom. The standard InChI is InChI=1S/C26H27F3N2/c27-26(28,29)24-12-10-23(11-13-24)22-8-6-20(7-9-22)18-30-25-14-16-31(17-15-25)19-21-4-2-1-3-5-21/h1-13,25,30H,14-19H2. The van der Waals surface area contributed by atoms with Crippen LogP contribution in [0.5, 0.6) is 0 Å². The number of benzene rings is 3. The molecule has 162 valence electrons. The summed E-state index contributed by atoms with van der Waals surface area (Å²) in [5.41, 5.74) is 3.64. The first-order chi connectivity index (χ1) is 15.0. The van der Waals surface area contributed by atoms with Crippen molar-refractivity contribution in [1.82, 2.24) is 10.2 Å². The summed E-state index contributed by atoms with van der Waals surface area (Å²) in [5.74, 6) is 0. The highest BCUT2D eigenvalue weighted by Crippen LogP contribution is 2.31. The van der Waals surface area contributed by atoms with Crippen LogP contribution in [0.1, 0.15) is 29.5 Å². The van der Waals surface area contributed by atoms with Crippen molar-refractivity contribution in [2.45, 2.75) is 38.1 Å². The maximum absolute atomic E-state index is 12.7. The van der Waals surface area contributed by atoms with Crippen molar-refractivity contribution >= 4 is 0 Å². The van der Waals surface area contributed by atoms with Gasteiger partial charge >= 0.3 is 6.18 Å². The SMILES string of the molecule is FC(F)(F)c1ccc(-c2ccc(CNC3CCN(Cc4ccccc4)CC3)cc2)cc1. The molecule has 1 fully saturated rings. The second-order valence-electron chi connectivity index (χ2n) is 8.19. The molecule has 1 saturated heterocycles. The lowest BCUT2D eigenvalue weighted by molar-refractivity contribution is -0.137. The highest BCUT2D eigenvalue weighted by molar-refractivity contribution is 5.64. The van der Waals surface area contributed by atoms with E-state index in [1.54, 1.807) is 0 Å². The zero-order chi connectivity index (χ0) is 21.7. The lowest BCUT2D eigenvalue weighted by atomic mass is 10.0. The van der Waals surface area contributed by atoms with Crippen LogP contribution in [-0.2, 0) is 19.3 Å². The van der Waals surface area contributed by atoms with Crippen molar-refractivity contribution in [3.8, 4) is 11.1 Å². The molecule has 0 saturated carbocycles. The first-order valence-corrected chi connectivity index (χ1v) is 10.7. The van der Waals surface area contributed by atoms with E-state index in [0.29, 0.717) is 6.04 Å². The minimum Gasteiger partial charge on any atom is -0.310 e. The molecule has 0 aliphatic carbocycles. The molecule has 4 rings (SSSR count). The van der Waals surface area contributed by atoms with E-state index < -0.39 is 11.7 Å². The third kappa shape index (κ3) is 5.96. The second-order valence-corrected chi connectivity index (χ2v) is 8.19. The number of halogens is 3. The fourth-order valence-corrected chi connectivity index (χ4v) is 4.07. The normalized spacial score (nSPS) is 15.8. The first kappa shape index (κ1) is 21.6. The predicted octanol–water partition coefficient (Wildman–Crippen LogP) is 6.13. The quantitative estimate of drug-likeness (QED) is 0.512. The summed E-state index contributed by atoms with van der Waals surface area (Å²) in [5, 5.41) is 3.65. The molecular formula is C26H27F3N2. The molecular weight excluding hydrogens is 397 g/mol. The Morgan fingerprint density at radius 2 is 1.32 bits per heavy atom. The summed E-state index contributed by atoms with van der Waals surface area (Å²) < 4.78 is 38.2. The van der Waals surface area contributed by atoms with Gasteiger partial charge in [0.2, 0.25) is 0 Å². The van der Waals surface area contributed by atoms with E-state index in [0.717, 1.165) is 62.3 Å². The van der Waals surface area contributed by atoms with Crippen LogP contribution in [0.15, 0.2) is 78.9 Å². The number of alkyl halides is 3. The summed E-state index contributed by atoms with van der Waals surface area (Å²) >= 11 is 0. The average molecular weight is 425 g/mol. The van der Waals surface area contributed by atoms with Gasteiger partial charge in [0, 0.05) is 19.1 Å². The molecule has 1 heterocycles. The topological polar surface area (TPSA) is 15.3 Å². The molecule has 0 aromatic heterocycles. The molecule has 0 amide bonds. The van der Waals surface area contributed by atoms with Crippen molar-refractivity contribution in [3.63, 3.8) is 0 Å². The van der Waals surface area contributed by atoms with Crippen LogP contribution in [0.2, 0.25) is 0 Å². The van der Waals surface area contributed by atoms with E-state index in [-0.39, 0.29) is 0 Å². The summed E-state index contributed by atoms with van der Waals surface area (Å²) in [6, 6.07) is 24.5. The third-order valence-electron chi connectivity index (χ3n) is 5.93. The number of rotatable bonds is 6. The minimum absolute atomic E-state index is 0.515. The number of piperidine rings is 1. The Kier molecular flexibility index (Phi) is 6.73. The number of nitrogens with zero attached hydrogens (tertiary/aromatic N) is 1. The highest BCUT2D eigenvalue weighted by atomic mass is 19.4. The van der Waals surface area contributed by atoms with E-state index in [9.17, 15) is 13.2 Å². The van der Waals surface area contributed by atoms with E-state index in [4.69, 9.17) is 0 Å². The van der Waals surface area contributed by atoms with E-state index in [1.165, 1.54) is 23.3 Å². The molecule has 31 heavy (non-hydrogen) atoms. The number of likely N-dealkylation sites (tertiary alicyclic amines) is 1. The zero-order valence-electron chi connectivity index (χ0n) is 17.4. The van der Waals surface area contributed by atoms with E-state index in [1.807, 2.05) is 24.3 Å². The maximum Gasteiger partial charge on any atom is 0.416 e. The van der Waals surface area contributed by atoms with Gasteiger partial charge in [0.25, 0.3) is 0 Å². The molecule has 2 nitrogen and oxygen atoms in total. The Morgan fingerprint density at radius 1 is 0.742 bits per heavy atom. The van der Waals surface area contributed by atoms with Gasteiger partial charge in [-0.05, 0) is 60.3 Å². The molecule has 0 bridgehead atoms. The Hall–Kier alpha value is -2.63. The third-order valence-corrected chi connectivity index (χ3v) is 5.93. The van der Waals surface area contributed by atoms with Gasteiger partial charge in [0.15, 0.2) is 0 Å². The number of hydrogen-bond acceptors (Lipinski definition) is 2. The molecule has 3 aromatic rings. The Bertz CT molecular complexity index is 943. The largest absolute Gasteiger partial charge is 0.416 e. The van der Waals surface area contributed by atoms with Gasteiger partial charge in [-0.15, -0.1) is 0 Å². The van der Waals surface area contributed by atoms with Crippen molar-refractivity contribution < 1.29 is 13.2 Å². The van der Waals surface area contributed by atoms with Gasteiger partial charge in [0.1, 0.15) is 0 Å². The minimum atomic E-state index is -4.30. The van der Waals surface area contributed by atoms with Crippen LogP contribution < -0.4 is 5.32 Å². The monoisotopic (exact) mass is 424 g/mol. The Labute approximate surface area is 181 Å². The molecule has 1 N–H and O–H groups in total. The lowest BCUT2D eigenvalue weighted by Gasteiger charge is -2.32. The second kappa shape index (κ2) is 9.67. The molecule has 1 aliphatic heterocycles. The smallest absolute Gasteiger partial charge is 0.310 e. The van der Waals surface area contributed by atoms with Gasteiger partial charge < -0.3 is 5.32 Å². The van der Waals surface area contributed by atoms with Crippen LogP contribution in [0.3, 0.4) is 0 Å². The highest BCUT2D eigenvalue weighted by Gasteiger charge is 2.29. The average Bonchev–Trinajstić information content (AvgIpc) is 2.79. The molecule has 0 atom stereocenters. The summed E-state index contributed by atoms with van der Waals surface area (Å²) in [7, 11) is 0. The van der Waals surface area contributed by atoms with Gasteiger partial charge in [0.05, 0.1) is 5.56 Å². The van der Waals surface area contributed by atoms with Crippen LogP contribution in [0.4, 0.5) is 13.2 Å². The van der Waals surface area contributed by atoms with Crippen molar-refractivity contribution in [2.24, 2.45) is 0 Å². The maximum atomic E-state index is 12.7. The first-order valence-electron chi connectivity index (χ1n) is 10.7. The van der Waals surface area contributed by atoms with Gasteiger partial charge in [-0.25, -0.2) is 0 Å².